The van der Waals surface area contributed by atoms with Gasteiger partial charge in [-0.2, -0.15) is 5.26 Å². The number of para-hydroxylation sites is 1. The van der Waals surface area contributed by atoms with Gasteiger partial charge in [0.15, 0.2) is 0 Å². The van der Waals surface area contributed by atoms with Gasteiger partial charge in [0, 0.05) is 43.3 Å². The number of phenolic OH excluding ortho intramolecular Hbond substituents is 1. The number of carbonyl (C=O) groups excluding carboxylic acids is 1. The second kappa shape index (κ2) is 7.20. The second-order valence-corrected chi connectivity index (χ2v) is 6.93. The molecule has 28 heavy (non-hydrogen) atoms. The van der Waals surface area contributed by atoms with Crippen LogP contribution in [0.5, 0.6) is 5.75 Å². The number of rotatable bonds is 2. The van der Waals surface area contributed by atoms with Crippen LogP contribution in [-0.4, -0.2) is 47.1 Å². The van der Waals surface area contributed by atoms with E-state index in [0.717, 1.165) is 22.2 Å². The maximum atomic E-state index is 12.7. The summed E-state index contributed by atoms with van der Waals surface area (Å²) in [7, 11) is 0. The monoisotopic (exact) mass is 372 g/mol. The number of aryl methyl sites for hydroxylation is 1. The SMILES string of the molecule is Cc1cccc2c(N3CCN(C(=O)c4cccc(O)c4)CC3)c(C#N)cnc12. The molecule has 6 heteroatoms. The first kappa shape index (κ1) is 17.8. The molecule has 1 aromatic heterocycles. The standard InChI is InChI=1S/C22H20N4O2/c1-15-4-2-7-19-20(15)24-14-17(13-23)21(19)25-8-10-26(11-9-25)22(28)16-5-3-6-18(27)12-16/h2-7,12,14,27H,8-11H2,1H3. The van der Waals surface area contributed by atoms with E-state index in [-0.39, 0.29) is 11.7 Å². The number of aromatic hydroxyl groups is 1. The first-order valence-corrected chi connectivity index (χ1v) is 9.20. The van der Waals surface area contributed by atoms with Gasteiger partial charge < -0.3 is 14.9 Å². The molecule has 0 aliphatic carbocycles. The Balaban J connectivity index is 1.60. The molecule has 0 bridgehead atoms. The summed E-state index contributed by atoms with van der Waals surface area (Å²) in [5.41, 5.74) is 3.89. The zero-order valence-corrected chi connectivity index (χ0v) is 15.6. The van der Waals surface area contributed by atoms with E-state index >= 15 is 0 Å². The van der Waals surface area contributed by atoms with Gasteiger partial charge in [-0.1, -0.05) is 24.3 Å². The van der Waals surface area contributed by atoms with Crippen LogP contribution in [0.25, 0.3) is 10.9 Å². The van der Waals surface area contributed by atoms with E-state index in [0.29, 0.717) is 37.3 Å². The lowest BCUT2D eigenvalue weighted by Crippen LogP contribution is -2.49. The molecule has 1 N–H and O–H groups in total. The first-order chi connectivity index (χ1) is 13.6. The molecule has 0 atom stereocenters. The van der Waals surface area contributed by atoms with Crippen molar-refractivity contribution in [3.8, 4) is 11.8 Å². The predicted molar refractivity (Wildman–Crippen MR) is 107 cm³/mol. The Bertz CT molecular complexity index is 1100. The maximum Gasteiger partial charge on any atom is 0.254 e. The number of amides is 1. The number of hydrogen-bond donors (Lipinski definition) is 1. The number of benzene rings is 2. The number of carbonyl (C=O) groups is 1. The second-order valence-electron chi connectivity index (χ2n) is 6.93. The number of piperazine rings is 1. The number of anilines is 1. The van der Waals surface area contributed by atoms with Gasteiger partial charge in [0.1, 0.15) is 11.8 Å². The summed E-state index contributed by atoms with van der Waals surface area (Å²) in [6.07, 6.45) is 1.63. The van der Waals surface area contributed by atoms with Crippen LogP contribution in [0.3, 0.4) is 0 Å². The van der Waals surface area contributed by atoms with Gasteiger partial charge in [0.25, 0.3) is 5.91 Å². The van der Waals surface area contributed by atoms with Gasteiger partial charge in [-0.3, -0.25) is 9.78 Å². The minimum Gasteiger partial charge on any atom is -0.508 e. The van der Waals surface area contributed by atoms with Crippen molar-refractivity contribution in [3.63, 3.8) is 0 Å². The van der Waals surface area contributed by atoms with Gasteiger partial charge >= 0.3 is 0 Å². The number of aromatic nitrogens is 1. The minimum absolute atomic E-state index is 0.0850. The van der Waals surface area contributed by atoms with Crippen molar-refractivity contribution >= 4 is 22.5 Å². The highest BCUT2D eigenvalue weighted by molar-refractivity contribution is 5.97. The molecule has 2 heterocycles. The van der Waals surface area contributed by atoms with E-state index in [1.54, 1.807) is 29.3 Å². The topological polar surface area (TPSA) is 80.5 Å². The fourth-order valence-corrected chi connectivity index (χ4v) is 3.73. The Morgan fingerprint density at radius 1 is 1.14 bits per heavy atom. The summed E-state index contributed by atoms with van der Waals surface area (Å²) in [6.45, 7) is 4.37. The summed E-state index contributed by atoms with van der Waals surface area (Å²) in [5, 5.41) is 20.2. The number of fused-ring (bicyclic) bond motifs is 1. The normalized spacial score (nSPS) is 14.1. The summed E-state index contributed by atoms with van der Waals surface area (Å²) >= 11 is 0. The van der Waals surface area contributed by atoms with Gasteiger partial charge in [0.05, 0.1) is 16.8 Å². The minimum atomic E-state index is -0.0912. The van der Waals surface area contributed by atoms with Crippen molar-refractivity contribution in [2.24, 2.45) is 0 Å². The molecular weight excluding hydrogens is 352 g/mol. The third-order valence-electron chi connectivity index (χ3n) is 5.17. The molecule has 0 spiro atoms. The zero-order valence-electron chi connectivity index (χ0n) is 15.6. The molecule has 1 saturated heterocycles. The van der Waals surface area contributed by atoms with Crippen LogP contribution >= 0.6 is 0 Å². The molecule has 4 rings (SSSR count). The lowest BCUT2D eigenvalue weighted by atomic mass is 10.0. The molecule has 1 aliphatic heterocycles. The molecule has 2 aromatic carbocycles. The van der Waals surface area contributed by atoms with Crippen LogP contribution in [0.2, 0.25) is 0 Å². The Morgan fingerprint density at radius 3 is 2.61 bits per heavy atom. The van der Waals surface area contributed by atoms with E-state index in [2.05, 4.69) is 16.0 Å². The van der Waals surface area contributed by atoms with Gasteiger partial charge in [-0.25, -0.2) is 0 Å². The number of nitrogens with zero attached hydrogens (tertiary/aromatic N) is 4. The summed E-state index contributed by atoms with van der Waals surface area (Å²) < 4.78 is 0. The molecule has 0 saturated carbocycles. The summed E-state index contributed by atoms with van der Waals surface area (Å²) in [4.78, 5) is 21.1. The highest BCUT2D eigenvalue weighted by Crippen LogP contribution is 2.31. The summed E-state index contributed by atoms with van der Waals surface area (Å²) in [6, 6.07) is 14.7. The fourth-order valence-electron chi connectivity index (χ4n) is 3.73. The van der Waals surface area contributed by atoms with Crippen LogP contribution in [0, 0.1) is 18.3 Å². The van der Waals surface area contributed by atoms with Crippen molar-refractivity contribution in [1.29, 1.82) is 5.26 Å². The Hall–Kier alpha value is -3.59. The number of nitriles is 1. The smallest absolute Gasteiger partial charge is 0.254 e. The highest BCUT2D eigenvalue weighted by Gasteiger charge is 2.25. The van der Waals surface area contributed by atoms with Crippen molar-refractivity contribution < 1.29 is 9.90 Å². The first-order valence-electron chi connectivity index (χ1n) is 9.20. The molecule has 3 aromatic rings. The third-order valence-corrected chi connectivity index (χ3v) is 5.17. The van der Waals surface area contributed by atoms with E-state index in [9.17, 15) is 15.2 Å². The Kier molecular flexibility index (Phi) is 4.58. The molecule has 6 nitrogen and oxygen atoms in total. The quantitative estimate of drug-likeness (QED) is 0.748. The van der Waals surface area contributed by atoms with Gasteiger partial charge in [-0.05, 0) is 30.7 Å². The van der Waals surface area contributed by atoms with Crippen LogP contribution in [0.1, 0.15) is 21.5 Å². The highest BCUT2D eigenvalue weighted by atomic mass is 16.3. The van der Waals surface area contributed by atoms with Gasteiger partial charge in [0.2, 0.25) is 0 Å². The molecular formula is C22H20N4O2. The van der Waals surface area contributed by atoms with Crippen molar-refractivity contribution in [1.82, 2.24) is 9.88 Å². The van der Waals surface area contributed by atoms with Crippen LogP contribution in [-0.2, 0) is 0 Å². The van der Waals surface area contributed by atoms with Crippen LogP contribution in [0.15, 0.2) is 48.7 Å². The molecule has 140 valence electrons. The lowest BCUT2D eigenvalue weighted by molar-refractivity contribution is 0.0746. The zero-order chi connectivity index (χ0) is 19.7. The predicted octanol–water partition coefficient (Wildman–Crippen LogP) is 3.08. The summed E-state index contributed by atoms with van der Waals surface area (Å²) in [5.74, 6) is -0.00624. The number of phenols is 1. The maximum absolute atomic E-state index is 12.7. The molecule has 0 radical (unpaired) electrons. The molecule has 1 aliphatic rings. The largest absolute Gasteiger partial charge is 0.508 e. The molecule has 1 fully saturated rings. The van der Waals surface area contributed by atoms with E-state index in [1.165, 1.54) is 6.07 Å². The average molecular weight is 372 g/mol. The van der Waals surface area contributed by atoms with E-state index < -0.39 is 0 Å². The third kappa shape index (κ3) is 3.12. The Labute approximate surface area is 163 Å². The molecule has 0 unspecified atom stereocenters. The number of pyridine rings is 1. The lowest BCUT2D eigenvalue weighted by Gasteiger charge is -2.37. The van der Waals surface area contributed by atoms with Gasteiger partial charge in [-0.15, -0.1) is 0 Å². The van der Waals surface area contributed by atoms with Crippen molar-refractivity contribution in [3.05, 3.63) is 65.4 Å². The van der Waals surface area contributed by atoms with E-state index in [1.807, 2.05) is 25.1 Å². The van der Waals surface area contributed by atoms with E-state index in [4.69, 9.17) is 0 Å². The van der Waals surface area contributed by atoms with Crippen LogP contribution < -0.4 is 4.90 Å². The van der Waals surface area contributed by atoms with Crippen LogP contribution in [0.4, 0.5) is 5.69 Å². The van der Waals surface area contributed by atoms with Crippen molar-refractivity contribution in [2.75, 3.05) is 31.1 Å². The fraction of sp³-hybridized carbons (Fsp3) is 0.227. The number of hydrogen-bond acceptors (Lipinski definition) is 5. The average Bonchev–Trinajstić information content (AvgIpc) is 2.73. The Morgan fingerprint density at radius 2 is 1.89 bits per heavy atom. The van der Waals surface area contributed by atoms with Crippen molar-refractivity contribution in [2.45, 2.75) is 6.92 Å². The molecule has 1 amide bonds.